The Bertz CT molecular complexity index is 927. The molecule has 1 aromatic carbocycles. The fourth-order valence-corrected chi connectivity index (χ4v) is 5.29. The van der Waals surface area contributed by atoms with Crippen LogP contribution in [-0.2, 0) is 11.2 Å². The molecule has 2 aliphatic carbocycles. The maximum Gasteiger partial charge on any atom is 0.259 e. The molecule has 1 aliphatic heterocycles. The van der Waals surface area contributed by atoms with Gasteiger partial charge < -0.3 is 16.0 Å². The third kappa shape index (κ3) is 2.79. The fourth-order valence-electron chi connectivity index (χ4n) is 5.29. The van der Waals surface area contributed by atoms with Crippen LogP contribution in [0.15, 0.2) is 42.7 Å². The zero-order valence-electron chi connectivity index (χ0n) is 15.7. The first kappa shape index (κ1) is 17.4. The Morgan fingerprint density at radius 2 is 2.04 bits per heavy atom. The van der Waals surface area contributed by atoms with Crippen LogP contribution in [0.5, 0.6) is 0 Å². The highest BCUT2D eigenvalue weighted by atomic mass is 16.2. The van der Waals surface area contributed by atoms with Gasteiger partial charge >= 0.3 is 0 Å². The average molecular weight is 376 g/mol. The average Bonchev–Trinajstić information content (AvgIpc) is 3.42. The summed E-state index contributed by atoms with van der Waals surface area (Å²) >= 11 is 0. The summed E-state index contributed by atoms with van der Waals surface area (Å²) in [6, 6.07) is 9.32. The van der Waals surface area contributed by atoms with Crippen LogP contribution in [0.25, 0.3) is 0 Å². The molecule has 1 aromatic heterocycles. The van der Waals surface area contributed by atoms with Crippen molar-refractivity contribution >= 4 is 23.2 Å². The van der Waals surface area contributed by atoms with Gasteiger partial charge in [-0.2, -0.15) is 0 Å². The van der Waals surface area contributed by atoms with Crippen LogP contribution in [0, 0.1) is 17.8 Å². The van der Waals surface area contributed by atoms with Crippen molar-refractivity contribution in [2.45, 2.75) is 31.7 Å². The lowest BCUT2D eigenvalue weighted by molar-refractivity contribution is -0.121. The third-order valence-electron chi connectivity index (χ3n) is 6.68. The highest BCUT2D eigenvalue weighted by Crippen LogP contribution is 2.48. The summed E-state index contributed by atoms with van der Waals surface area (Å²) in [5, 5.41) is 3.07. The first-order valence-electron chi connectivity index (χ1n) is 10.0. The van der Waals surface area contributed by atoms with Crippen molar-refractivity contribution in [1.82, 2.24) is 4.98 Å². The number of pyridine rings is 1. The van der Waals surface area contributed by atoms with E-state index in [1.165, 1.54) is 0 Å². The fraction of sp³-hybridized carbons (Fsp3) is 0.409. The predicted molar refractivity (Wildman–Crippen MR) is 107 cm³/mol. The molecular weight excluding hydrogens is 352 g/mol. The molecule has 0 spiro atoms. The number of carbonyl (C=O) groups is 2. The Labute approximate surface area is 164 Å². The molecule has 2 bridgehead atoms. The zero-order chi connectivity index (χ0) is 19.3. The second-order valence-corrected chi connectivity index (χ2v) is 8.22. The Kier molecular flexibility index (Phi) is 4.16. The summed E-state index contributed by atoms with van der Waals surface area (Å²) in [7, 11) is 0. The van der Waals surface area contributed by atoms with Crippen LogP contribution >= 0.6 is 0 Å². The van der Waals surface area contributed by atoms with Gasteiger partial charge in [-0.3, -0.25) is 14.6 Å². The van der Waals surface area contributed by atoms with Crippen molar-refractivity contribution in [3.05, 3.63) is 53.9 Å². The summed E-state index contributed by atoms with van der Waals surface area (Å²) in [6.45, 7) is 0.637. The Hall–Kier alpha value is -2.73. The molecular formula is C22H24N4O2. The molecule has 2 aromatic rings. The molecule has 2 fully saturated rings. The number of nitrogens with zero attached hydrogens (tertiary/aromatic N) is 2. The maximum absolute atomic E-state index is 12.8. The number of amides is 2. The summed E-state index contributed by atoms with van der Waals surface area (Å²) in [5.74, 6) is 0.864. The number of rotatable bonds is 3. The molecule has 0 saturated heterocycles. The number of nitrogens with one attached hydrogen (secondary N) is 1. The van der Waals surface area contributed by atoms with E-state index in [1.54, 1.807) is 29.4 Å². The first-order chi connectivity index (χ1) is 13.6. The van der Waals surface area contributed by atoms with E-state index >= 15 is 0 Å². The molecule has 28 heavy (non-hydrogen) atoms. The molecule has 4 unspecified atom stereocenters. The van der Waals surface area contributed by atoms with E-state index in [4.69, 9.17) is 5.73 Å². The van der Waals surface area contributed by atoms with Crippen molar-refractivity contribution in [1.29, 1.82) is 0 Å². The van der Waals surface area contributed by atoms with Gasteiger partial charge in [-0.25, -0.2) is 0 Å². The molecule has 144 valence electrons. The van der Waals surface area contributed by atoms with E-state index in [2.05, 4.69) is 10.3 Å². The smallest absolute Gasteiger partial charge is 0.259 e. The number of hydrogen-bond donors (Lipinski definition) is 2. The molecule has 0 radical (unpaired) electrons. The molecule has 3 N–H and O–H groups in total. The van der Waals surface area contributed by atoms with Gasteiger partial charge in [0.1, 0.15) is 0 Å². The van der Waals surface area contributed by atoms with Crippen molar-refractivity contribution in [3.63, 3.8) is 0 Å². The van der Waals surface area contributed by atoms with Gasteiger partial charge in [-0.15, -0.1) is 0 Å². The Morgan fingerprint density at radius 1 is 1.18 bits per heavy atom. The SMILES string of the molecule is NC1C2CCC(C2)C1C(=O)Nc1ccc2c(c1)CCN2C(=O)c1cccnc1. The molecule has 2 heterocycles. The van der Waals surface area contributed by atoms with Crippen molar-refractivity contribution in [2.75, 3.05) is 16.8 Å². The number of nitrogens with two attached hydrogens (primary N) is 1. The van der Waals surface area contributed by atoms with Crippen LogP contribution in [0.1, 0.15) is 35.2 Å². The summed E-state index contributed by atoms with van der Waals surface area (Å²) < 4.78 is 0. The van der Waals surface area contributed by atoms with Gasteiger partial charge in [0.05, 0.1) is 11.5 Å². The minimum atomic E-state index is -0.0735. The highest BCUT2D eigenvalue weighted by Gasteiger charge is 2.49. The van der Waals surface area contributed by atoms with Gasteiger partial charge in [-0.1, -0.05) is 0 Å². The number of anilines is 2. The van der Waals surface area contributed by atoms with E-state index in [0.29, 0.717) is 23.9 Å². The standard InChI is InChI=1S/C22H24N4O2/c23-20-15-4-3-14(10-15)19(20)21(27)25-17-5-6-18-13(11-17)7-9-26(18)22(28)16-2-1-8-24-12-16/h1-2,5-6,8,11-12,14-15,19-20H,3-4,7,9-10,23H2,(H,25,27). The molecule has 4 atom stereocenters. The number of benzene rings is 1. The third-order valence-corrected chi connectivity index (χ3v) is 6.68. The van der Waals surface area contributed by atoms with Crippen molar-refractivity contribution in [2.24, 2.45) is 23.5 Å². The Balaban J connectivity index is 1.32. The van der Waals surface area contributed by atoms with Gasteiger partial charge in [0, 0.05) is 36.4 Å². The van der Waals surface area contributed by atoms with Crippen molar-refractivity contribution in [3.8, 4) is 0 Å². The number of hydrogen-bond acceptors (Lipinski definition) is 4. The van der Waals surface area contributed by atoms with Crippen LogP contribution in [0.4, 0.5) is 11.4 Å². The van der Waals surface area contributed by atoms with E-state index < -0.39 is 0 Å². The normalized spacial score (nSPS) is 27.7. The van der Waals surface area contributed by atoms with Gasteiger partial charge in [-0.05, 0) is 73.4 Å². The number of carbonyl (C=O) groups excluding carboxylic acids is 2. The first-order valence-corrected chi connectivity index (χ1v) is 10.0. The van der Waals surface area contributed by atoms with Crippen LogP contribution < -0.4 is 16.0 Å². The molecule has 6 nitrogen and oxygen atoms in total. The second-order valence-electron chi connectivity index (χ2n) is 8.22. The lowest BCUT2D eigenvalue weighted by Crippen LogP contribution is -2.42. The van der Waals surface area contributed by atoms with Crippen LogP contribution in [0.3, 0.4) is 0 Å². The molecule has 2 saturated carbocycles. The number of fused-ring (bicyclic) bond motifs is 3. The van der Waals surface area contributed by atoms with E-state index in [9.17, 15) is 9.59 Å². The van der Waals surface area contributed by atoms with Crippen LogP contribution in [-0.4, -0.2) is 29.4 Å². The second kappa shape index (κ2) is 6.71. The molecule has 5 rings (SSSR count). The lowest BCUT2D eigenvalue weighted by Gasteiger charge is -2.27. The minimum absolute atomic E-state index is 0.0132. The predicted octanol–water partition coefficient (Wildman–Crippen LogP) is 2.60. The largest absolute Gasteiger partial charge is 0.327 e. The van der Waals surface area contributed by atoms with Crippen LogP contribution in [0.2, 0.25) is 0 Å². The van der Waals surface area contributed by atoms with Gasteiger partial charge in [0.25, 0.3) is 5.91 Å². The maximum atomic E-state index is 12.8. The minimum Gasteiger partial charge on any atom is -0.327 e. The van der Waals surface area contributed by atoms with E-state index in [-0.39, 0.29) is 23.8 Å². The summed E-state index contributed by atoms with van der Waals surface area (Å²) in [5.41, 5.74) is 9.66. The topological polar surface area (TPSA) is 88.3 Å². The molecule has 6 heteroatoms. The van der Waals surface area contributed by atoms with E-state index in [0.717, 1.165) is 42.6 Å². The molecule has 3 aliphatic rings. The van der Waals surface area contributed by atoms with Crippen molar-refractivity contribution < 1.29 is 9.59 Å². The zero-order valence-corrected chi connectivity index (χ0v) is 15.7. The van der Waals surface area contributed by atoms with Gasteiger partial charge in [0.2, 0.25) is 5.91 Å². The highest BCUT2D eigenvalue weighted by molar-refractivity contribution is 6.07. The summed E-state index contributed by atoms with van der Waals surface area (Å²) in [6.07, 6.45) is 7.40. The monoisotopic (exact) mass is 376 g/mol. The quantitative estimate of drug-likeness (QED) is 0.862. The van der Waals surface area contributed by atoms with Gasteiger partial charge in [0.15, 0.2) is 0 Å². The Morgan fingerprint density at radius 3 is 2.79 bits per heavy atom. The number of aromatic nitrogens is 1. The summed E-state index contributed by atoms with van der Waals surface area (Å²) in [4.78, 5) is 31.4. The lowest BCUT2D eigenvalue weighted by atomic mass is 9.84. The molecule has 2 amide bonds. The van der Waals surface area contributed by atoms with E-state index in [1.807, 2.05) is 18.2 Å².